The van der Waals surface area contributed by atoms with E-state index in [-0.39, 0.29) is 18.1 Å². The molecule has 0 bridgehead atoms. The van der Waals surface area contributed by atoms with Crippen molar-refractivity contribution in [3.05, 3.63) is 82.9 Å². The van der Waals surface area contributed by atoms with Crippen LogP contribution in [0.5, 0.6) is 0 Å². The molecule has 0 aliphatic rings. The van der Waals surface area contributed by atoms with Crippen LogP contribution in [0, 0.1) is 0 Å². The van der Waals surface area contributed by atoms with Crippen LogP contribution in [0.25, 0.3) is 22.4 Å². The van der Waals surface area contributed by atoms with E-state index >= 15 is 0 Å². The first-order valence-corrected chi connectivity index (χ1v) is 9.51. The van der Waals surface area contributed by atoms with Gasteiger partial charge < -0.3 is 10.3 Å². The Morgan fingerprint density at radius 1 is 1.03 bits per heavy atom. The summed E-state index contributed by atoms with van der Waals surface area (Å²) in [5, 5.41) is 3.36. The lowest BCUT2D eigenvalue weighted by Gasteiger charge is -2.02. The van der Waals surface area contributed by atoms with Gasteiger partial charge in [-0.3, -0.25) is 9.59 Å². The number of hydrogen-bond donors (Lipinski definition) is 2. The minimum absolute atomic E-state index is 0.0185. The Bertz CT molecular complexity index is 1210. The zero-order valence-electron chi connectivity index (χ0n) is 15.7. The molecule has 1 aromatic heterocycles. The third kappa shape index (κ3) is 4.36. The van der Waals surface area contributed by atoms with Gasteiger partial charge in [0.15, 0.2) is 5.78 Å². The first-order valence-electron chi connectivity index (χ1n) is 9.13. The van der Waals surface area contributed by atoms with Crippen LogP contribution in [0.15, 0.2) is 66.7 Å². The molecule has 5 nitrogen and oxygen atoms in total. The normalized spacial score (nSPS) is 10.8. The minimum Gasteiger partial charge on any atom is -0.338 e. The molecule has 4 aromatic rings. The summed E-state index contributed by atoms with van der Waals surface area (Å²) in [6.07, 6.45) is 0.289. The zero-order valence-corrected chi connectivity index (χ0v) is 16.5. The third-order valence-electron chi connectivity index (χ3n) is 4.54. The van der Waals surface area contributed by atoms with Gasteiger partial charge >= 0.3 is 0 Å². The van der Waals surface area contributed by atoms with Gasteiger partial charge in [-0.2, -0.15) is 0 Å². The average molecular weight is 404 g/mol. The van der Waals surface area contributed by atoms with E-state index in [0.29, 0.717) is 16.4 Å². The molecule has 3 aromatic carbocycles. The summed E-state index contributed by atoms with van der Waals surface area (Å²) in [5.41, 5.74) is 4.70. The highest BCUT2D eigenvalue weighted by molar-refractivity contribution is 6.30. The SMILES string of the molecule is CC(=O)Nc1ccc(-c2nc3ccc(C(=O)Cc4cccc(Cl)c4)cc3[nH]2)cc1. The van der Waals surface area contributed by atoms with Crippen molar-refractivity contribution in [2.24, 2.45) is 0 Å². The van der Waals surface area contributed by atoms with Gasteiger partial charge in [0.2, 0.25) is 5.91 Å². The van der Waals surface area contributed by atoms with E-state index in [0.717, 1.165) is 27.8 Å². The molecule has 2 N–H and O–H groups in total. The number of aromatic amines is 1. The number of benzene rings is 3. The second-order valence-corrected chi connectivity index (χ2v) is 7.24. The molecule has 0 saturated carbocycles. The lowest BCUT2D eigenvalue weighted by atomic mass is 10.0. The van der Waals surface area contributed by atoms with Crippen LogP contribution >= 0.6 is 11.6 Å². The Balaban J connectivity index is 1.57. The number of carbonyl (C=O) groups excluding carboxylic acids is 2. The fourth-order valence-electron chi connectivity index (χ4n) is 3.17. The Kier molecular flexibility index (Phi) is 5.14. The maximum Gasteiger partial charge on any atom is 0.221 e. The predicted molar refractivity (Wildman–Crippen MR) is 115 cm³/mol. The fraction of sp³-hybridized carbons (Fsp3) is 0.0870. The topological polar surface area (TPSA) is 74.8 Å². The van der Waals surface area contributed by atoms with E-state index in [1.54, 1.807) is 18.2 Å². The summed E-state index contributed by atoms with van der Waals surface area (Å²) in [7, 11) is 0. The van der Waals surface area contributed by atoms with Gasteiger partial charge in [0.25, 0.3) is 0 Å². The summed E-state index contributed by atoms with van der Waals surface area (Å²) in [6.45, 7) is 1.47. The largest absolute Gasteiger partial charge is 0.338 e. The first kappa shape index (κ1) is 18.9. The monoisotopic (exact) mass is 403 g/mol. The Hall–Kier alpha value is -3.44. The van der Waals surface area contributed by atoms with E-state index in [1.165, 1.54) is 6.92 Å². The lowest BCUT2D eigenvalue weighted by molar-refractivity contribution is -0.114. The van der Waals surface area contributed by atoms with Crippen molar-refractivity contribution in [2.45, 2.75) is 13.3 Å². The van der Waals surface area contributed by atoms with E-state index in [9.17, 15) is 9.59 Å². The predicted octanol–water partition coefficient (Wildman–Crippen LogP) is 5.27. The van der Waals surface area contributed by atoms with Crippen molar-refractivity contribution in [3.8, 4) is 11.4 Å². The molecular formula is C23H18ClN3O2. The van der Waals surface area contributed by atoms with Crippen LogP contribution in [0.2, 0.25) is 5.02 Å². The summed E-state index contributed by atoms with van der Waals surface area (Å²) in [6, 6.07) is 20.2. The van der Waals surface area contributed by atoms with Crippen molar-refractivity contribution in [1.82, 2.24) is 9.97 Å². The van der Waals surface area contributed by atoms with E-state index in [1.807, 2.05) is 48.5 Å². The van der Waals surface area contributed by atoms with Gasteiger partial charge in [0.05, 0.1) is 11.0 Å². The van der Waals surface area contributed by atoms with Crippen LogP contribution < -0.4 is 5.32 Å². The highest BCUT2D eigenvalue weighted by Gasteiger charge is 2.11. The maximum atomic E-state index is 12.7. The highest BCUT2D eigenvalue weighted by atomic mass is 35.5. The minimum atomic E-state index is -0.114. The molecule has 0 saturated heterocycles. The molecule has 4 rings (SSSR count). The molecule has 0 unspecified atom stereocenters. The number of fused-ring (bicyclic) bond motifs is 1. The Morgan fingerprint density at radius 3 is 2.55 bits per heavy atom. The summed E-state index contributed by atoms with van der Waals surface area (Å²) in [4.78, 5) is 31.7. The number of nitrogens with one attached hydrogen (secondary N) is 2. The van der Waals surface area contributed by atoms with Crippen molar-refractivity contribution in [1.29, 1.82) is 0 Å². The standard InChI is InChI=1S/C23H18ClN3O2/c1-14(28)25-19-8-5-16(6-9-19)23-26-20-10-7-17(13-21(20)27-23)22(29)12-15-3-2-4-18(24)11-15/h2-11,13H,12H2,1H3,(H,25,28)(H,26,27). The molecule has 0 fully saturated rings. The Morgan fingerprint density at radius 2 is 1.83 bits per heavy atom. The van der Waals surface area contributed by atoms with Crippen molar-refractivity contribution < 1.29 is 9.59 Å². The summed E-state index contributed by atoms with van der Waals surface area (Å²) >= 11 is 6.00. The van der Waals surface area contributed by atoms with E-state index in [2.05, 4.69) is 15.3 Å². The van der Waals surface area contributed by atoms with E-state index < -0.39 is 0 Å². The number of aromatic nitrogens is 2. The first-order chi connectivity index (χ1) is 14.0. The molecule has 0 atom stereocenters. The lowest BCUT2D eigenvalue weighted by Crippen LogP contribution is -2.05. The smallest absolute Gasteiger partial charge is 0.221 e. The summed E-state index contributed by atoms with van der Waals surface area (Å²) in [5.74, 6) is 0.607. The van der Waals surface area contributed by atoms with Crippen LogP contribution in [-0.4, -0.2) is 21.7 Å². The van der Waals surface area contributed by atoms with Crippen molar-refractivity contribution in [2.75, 3.05) is 5.32 Å². The number of carbonyl (C=O) groups is 2. The molecule has 1 heterocycles. The second kappa shape index (κ2) is 7.89. The van der Waals surface area contributed by atoms with Gasteiger partial charge in [-0.25, -0.2) is 4.98 Å². The van der Waals surface area contributed by atoms with Gasteiger partial charge in [0, 0.05) is 35.2 Å². The zero-order chi connectivity index (χ0) is 20.4. The maximum absolute atomic E-state index is 12.7. The third-order valence-corrected chi connectivity index (χ3v) is 4.77. The summed E-state index contributed by atoms with van der Waals surface area (Å²) < 4.78 is 0. The van der Waals surface area contributed by atoms with Crippen LogP contribution in [0.3, 0.4) is 0 Å². The molecular weight excluding hydrogens is 386 g/mol. The number of Topliss-reactive ketones (excluding diaryl/α,β-unsaturated/α-hetero) is 1. The van der Waals surface area contributed by atoms with Crippen LogP contribution in [-0.2, 0) is 11.2 Å². The van der Waals surface area contributed by atoms with Gasteiger partial charge in [-0.05, 0) is 60.2 Å². The molecule has 0 spiro atoms. The number of nitrogens with zero attached hydrogens (tertiary/aromatic N) is 1. The van der Waals surface area contributed by atoms with Gasteiger partial charge in [-0.1, -0.05) is 23.7 Å². The second-order valence-electron chi connectivity index (χ2n) is 6.81. The van der Waals surface area contributed by atoms with Gasteiger partial charge in [-0.15, -0.1) is 0 Å². The van der Waals surface area contributed by atoms with Crippen LogP contribution in [0.4, 0.5) is 5.69 Å². The van der Waals surface area contributed by atoms with Crippen molar-refractivity contribution >= 4 is 40.0 Å². The number of H-pyrrole nitrogens is 1. The quantitative estimate of drug-likeness (QED) is 0.446. The number of imidazole rings is 1. The van der Waals surface area contributed by atoms with Crippen LogP contribution in [0.1, 0.15) is 22.8 Å². The number of anilines is 1. The highest BCUT2D eigenvalue weighted by Crippen LogP contribution is 2.23. The number of amides is 1. The molecule has 0 radical (unpaired) electrons. The molecule has 0 aliphatic carbocycles. The van der Waals surface area contributed by atoms with E-state index in [4.69, 9.17) is 11.6 Å². The molecule has 29 heavy (non-hydrogen) atoms. The molecule has 6 heteroatoms. The fourth-order valence-corrected chi connectivity index (χ4v) is 3.38. The van der Waals surface area contributed by atoms with Gasteiger partial charge in [0.1, 0.15) is 5.82 Å². The average Bonchev–Trinajstić information content (AvgIpc) is 3.11. The Labute approximate surface area is 172 Å². The number of rotatable bonds is 5. The number of ketones is 1. The molecule has 144 valence electrons. The molecule has 1 amide bonds. The number of hydrogen-bond acceptors (Lipinski definition) is 3. The molecule has 0 aliphatic heterocycles. The van der Waals surface area contributed by atoms with Crippen molar-refractivity contribution in [3.63, 3.8) is 0 Å². The number of halogens is 1.